The van der Waals surface area contributed by atoms with Gasteiger partial charge in [-0.3, -0.25) is 0 Å². The predicted molar refractivity (Wildman–Crippen MR) is 68.9 cm³/mol. The largest absolute Gasteiger partial charge is 0.478 e. The van der Waals surface area contributed by atoms with E-state index in [2.05, 4.69) is 5.32 Å². The molecule has 0 saturated heterocycles. The Bertz CT molecular complexity index is 572. The van der Waals surface area contributed by atoms with Gasteiger partial charge < -0.3 is 14.8 Å². The van der Waals surface area contributed by atoms with Crippen molar-refractivity contribution in [2.75, 3.05) is 5.32 Å². The Hall–Kier alpha value is -2.23. The van der Waals surface area contributed by atoms with Gasteiger partial charge in [0.05, 0.1) is 12.1 Å². The van der Waals surface area contributed by atoms with Gasteiger partial charge in [0.2, 0.25) is 0 Å². The summed E-state index contributed by atoms with van der Waals surface area (Å²) in [5.41, 5.74) is 1.89. The van der Waals surface area contributed by atoms with Crippen molar-refractivity contribution in [1.29, 1.82) is 0 Å². The van der Waals surface area contributed by atoms with Gasteiger partial charge in [-0.05, 0) is 43.7 Å². The molecule has 0 radical (unpaired) electrons. The summed E-state index contributed by atoms with van der Waals surface area (Å²) in [6.07, 6.45) is 0. The van der Waals surface area contributed by atoms with Crippen molar-refractivity contribution in [3.8, 4) is 0 Å². The Morgan fingerprint density at radius 3 is 2.67 bits per heavy atom. The minimum absolute atomic E-state index is 0.267. The van der Waals surface area contributed by atoms with Gasteiger partial charge in [-0.2, -0.15) is 0 Å². The van der Waals surface area contributed by atoms with Crippen LogP contribution in [0.25, 0.3) is 0 Å². The van der Waals surface area contributed by atoms with Crippen LogP contribution in [0.15, 0.2) is 34.7 Å². The van der Waals surface area contributed by atoms with Crippen LogP contribution in [0.4, 0.5) is 5.69 Å². The van der Waals surface area contributed by atoms with E-state index in [0.29, 0.717) is 12.2 Å². The maximum absolute atomic E-state index is 11.1. The third-order valence-electron chi connectivity index (χ3n) is 2.65. The number of anilines is 1. The van der Waals surface area contributed by atoms with Crippen LogP contribution in [-0.4, -0.2) is 11.1 Å². The van der Waals surface area contributed by atoms with Crippen molar-refractivity contribution in [2.45, 2.75) is 20.4 Å². The molecule has 0 aliphatic rings. The zero-order chi connectivity index (χ0) is 13.1. The van der Waals surface area contributed by atoms with E-state index in [4.69, 9.17) is 9.52 Å². The Morgan fingerprint density at radius 1 is 1.28 bits per heavy atom. The van der Waals surface area contributed by atoms with Crippen molar-refractivity contribution in [2.24, 2.45) is 0 Å². The van der Waals surface area contributed by atoms with Gasteiger partial charge in [-0.15, -0.1) is 0 Å². The van der Waals surface area contributed by atoms with Gasteiger partial charge in [-0.1, -0.05) is 6.07 Å². The number of furan rings is 1. The summed E-state index contributed by atoms with van der Waals surface area (Å²) in [5.74, 6) is 0.688. The van der Waals surface area contributed by atoms with E-state index < -0.39 is 5.97 Å². The molecule has 0 fully saturated rings. The molecule has 0 amide bonds. The SMILES string of the molecule is Cc1ccc(C(=O)O)c(NCc2ccc(C)o2)c1. The highest BCUT2D eigenvalue weighted by Crippen LogP contribution is 2.19. The van der Waals surface area contributed by atoms with E-state index in [1.165, 1.54) is 0 Å². The molecule has 2 rings (SSSR count). The molecule has 0 saturated carbocycles. The van der Waals surface area contributed by atoms with Crippen molar-refractivity contribution >= 4 is 11.7 Å². The molecule has 2 aromatic rings. The zero-order valence-corrected chi connectivity index (χ0v) is 10.4. The normalized spacial score (nSPS) is 10.3. The number of hydrogen-bond donors (Lipinski definition) is 2. The summed E-state index contributed by atoms with van der Waals surface area (Å²) in [6, 6.07) is 8.96. The average molecular weight is 245 g/mol. The van der Waals surface area contributed by atoms with E-state index in [9.17, 15) is 4.79 Å². The fraction of sp³-hybridized carbons (Fsp3) is 0.214. The topological polar surface area (TPSA) is 62.5 Å². The molecular weight excluding hydrogens is 230 g/mol. The van der Waals surface area contributed by atoms with Gasteiger partial charge >= 0.3 is 5.97 Å². The van der Waals surface area contributed by atoms with Crippen LogP contribution in [0.5, 0.6) is 0 Å². The highest BCUT2D eigenvalue weighted by Gasteiger charge is 2.10. The van der Waals surface area contributed by atoms with Crippen LogP contribution in [0.1, 0.15) is 27.4 Å². The second-order valence-electron chi connectivity index (χ2n) is 4.22. The fourth-order valence-corrected chi connectivity index (χ4v) is 1.75. The second kappa shape index (κ2) is 4.96. The molecule has 0 bridgehead atoms. The molecule has 4 heteroatoms. The Kier molecular flexibility index (Phi) is 3.37. The van der Waals surface area contributed by atoms with Crippen LogP contribution in [0, 0.1) is 13.8 Å². The summed E-state index contributed by atoms with van der Waals surface area (Å²) in [5, 5.41) is 12.2. The molecule has 18 heavy (non-hydrogen) atoms. The molecule has 1 heterocycles. The number of aromatic carboxylic acids is 1. The highest BCUT2D eigenvalue weighted by molar-refractivity contribution is 5.94. The highest BCUT2D eigenvalue weighted by atomic mass is 16.4. The summed E-state index contributed by atoms with van der Waals surface area (Å²) in [7, 11) is 0. The lowest BCUT2D eigenvalue weighted by molar-refractivity contribution is 0.0698. The van der Waals surface area contributed by atoms with E-state index in [0.717, 1.165) is 17.1 Å². The molecule has 4 nitrogen and oxygen atoms in total. The lowest BCUT2D eigenvalue weighted by Gasteiger charge is -2.09. The molecule has 2 N–H and O–H groups in total. The maximum atomic E-state index is 11.1. The molecule has 1 aromatic heterocycles. The van der Waals surface area contributed by atoms with Crippen LogP contribution in [-0.2, 0) is 6.54 Å². The standard InChI is InChI=1S/C14H15NO3/c1-9-3-6-12(14(16)17)13(7-9)15-8-11-5-4-10(2)18-11/h3-7,15H,8H2,1-2H3,(H,16,17). The monoisotopic (exact) mass is 245 g/mol. The number of carboxylic acids is 1. The summed E-state index contributed by atoms with van der Waals surface area (Å²) < 4.78 is 5.43. The van der Waals surface area contributed by atoms with Crippen molar-refractivity contribution < 1.29 is 14.3 Å². The quantitative estimate of drug-likeness (QED) is 0.868. The minimum Gasteiger partial charge on any atom is -0.478 e. The molecule has 0 aliphatic heterocycles. The van der Waals surface area contributed by atoms with E-state index >= 15 is 0 Å². The third kappa shape index (κ3) is 2.71. The first-order valence-electron chi connectivity index (χ1n) is 5.69. The first kappa shape index (κ1) is 12.2. The number of carboxylic acid groups (broad SMARTS) is 1. The van der Waals surface area contributed by atoms with Gasteiger partial charge in [0.15, 0.2) is 0 Å². The number of nitrogens with one attached hydrogen (secondary N) is 1. The van der Waals surface area contributed by atoms with Crippen LogP contribution < -0.4 is 5.32 Å². The second-order valence-corrected chi connectivity index (χ2v) is 4.22. The molecule has 1 aromatic carbocycles. The van der Waals surface area contributed by atoms with E-state index in [1.54, 1.807) is 12.1 Å². The van der Waals surface area contributed by atoms with Gasteiger partial charge in [0, 0.05) is 5.69 Å². The van der Waals surface area contributed by atoms with Crippen LogP contribution >= 0.6 is 0 Å². The average Bonchev–Trinajstić information content (AvgIpc) is 2.72. The van der Waals surface area contributed by atoms with E-state index in [-0.39, 0.29) is 5.56 Å². The number of hydrogen-bond acceptors (Lipinski definition) is 3. The molecule has 94 valence electrons. The van der Waals surface area contributed by atoms with Gasteiger partial charge in [0.25, 0.3) is 0 Å². The molecule has 0 aliphatic carbocycles. The van der Waals surface area contributed by atoms with Gasteiger partial charge in [-0.25, -0.2) is 4.79 Å². The molecule has 0 unspecified atom stereocenters. The predicted octanol–water partition coefficient (Wildman–Crippen LogP) is 3.21. The van der Waals surface area contributed by atoms with Crippen molar-refractivity contribution in [1.82, 2.24) is 0 Å². The fourth-order valence-electron chi connectivity index (χ4n) is 1.75. The lowest BCUT2D eigenvalue weighted by atomic mass is 10.1. The number of aryl methyl sites for hydroxylation is 2. The summed E-state index contributed by atoms with van der Waals surface area (Å²) >= 11 is 0. The number of carbonyl (C=O) groups is 1. The Balaban J connectivity index is 2.17. The number of benzene rings is 1. The molecule has 0 atom stereocenters. The van der Waals surface area contributed by atoms with Crippen LogP contribution in [0.3, 0.4) is 0 Å². The van der Waals surface area contributed by atoms with Gasteiger partial charge in [0.1, 0.15) is 11.5 Å². The summed E-state index contributed by atoms with van der Waals surface area (Å²) in [6.45, 7) is 4.27. The number of rotatable bonds is 4. The zero-order valence-electron chi connectivity index (χ0n) is 10.4. The Labute approximate surface area is 105 Å². The lowest BCUT2D eigenvalue weighted by Crippen LogP contribution is -2.06. The third-order valence-corrected chi connectivity index (χ3v) is 2.65. The maximum Gasteiger partial charge on any atom is 0.337 e. The van der Waals surface area contributed by atoms with Crippen molar-refractivity contribution in [3.63, 3.8) is 0 Å². The molecular formula is C14H15NO3. The van der Waals surface area contributed by atoms with E-state index in [1.807, 2.05) is 32.0 Å². The summed E-state index contributed by atoms with van der Waals surface area (Å²) in [4.78, 5) is 11.1. The first-order chi connectivity index (χ1) is 8.56. The molecule has 0 spiro atoms. The smallest absolute Gasteiger partial charge is 0.337 e. The first-order valence-corrected chi connectivity index (χ1v) is 5.69. The van der Waals surface area contributed by atoms with Crippen LogP contribution in [0.2, 0.25) is 0 Å². The van der Waals surface area contributed by atoms with Crippen molar-refractivity contribution in [3.05, 3.63) is 53.0 Å². The Morgan fingerprint density at radius 2 is 2.06 bits per heavy atom. The minimum atomic E-state index is -0.937.